The van der Waals surface area contributed by atoms with Gasteiger partial charge in [0.15, 0.2) is 11.6 Å². The Labute approximate surface area is 193 Å². The number of hydrogen-bond acceptors (Lipinski definition) is 0. The van der Waals surface area contributed by atoms with Crippen molar-refractivity contribution in [3.63, 3.8) is 0 Å². The minimum Gasteiger partial charge on any atom is -0.212 e. The lowest BCUT2D eigenvalue weighted by atomic mass is 9.74. The number of halogens is 3. The Morgan fingerprint density at radius 2 is 1.28 bits per heavy atom. The molecule has 0 spiro atoms. The smallest absolute Gasteiger partial charge is 0.162 e. The van der Waals surface area contributed by atoms with Crippen LogP contribution in [0.4, 0.5) is 13.2 Å². The molecular weight excluding hydrogens is 405 g/mol. The van der Waals surface area contributed by atoms with E-state index in [1.54, 1.807) is 0 Å². The highest BCUT2D eigenvalue weighted by Gasteiger charge is 2.30. The summed E-state index contributed by atoms with van der Waals surface area (Å²) in [5.74, 6) is 1.13. The summed E-state index contributed by atoms with van der Waals surface area (Å²) in [5, 5.41) is 0. The van der Waals surface area contributed by atoms with Crippen molar-refractivity contribution in [3.8, 4) is 0 Å². The molecule has 1 aromatic carbocycles. The van der Waals surface area contributed by atoms with Gasteiger partial charge >= 0.3 is 0 Å². The van der Waals surface area contributed by atoms with E-state index in [1.807, 2.05) is 18.2 Å². The van der Waals surface area contributed by atoms with Crippen molar-refractivity contribution in [1.82, 2.24) is 0 Å². The minimum absolute atomic E-state index is 0.108. The predicted octanol–water partition coefficient (Wildman–Crippen LogP) is 9.60. The second-order valence-corrected chi connectivity index (χ2v) is 11.1. The minimum atomic E-state index is -0.585. The summed E-state index contributed by atoms with van der Waals surface area (Å²) in [5.41, 5.74) is 1.20. The summed E-state index contributed by atoms with van der Waals surface area (Å²) in [6.07, 6.45) is 15.3. The van der Waals surface area contributed by atoms with Gasteiger partial charge in [0, 0.05) is 5.92 Å². The highest BCUT2D eigenvalue weighted by atomic mass is 19.2. The average Bonchev–Trinajstić information content (AvgIpc) is 2.81. The third kappa shape index (κ3) is 5.45. The molecule has 2 atom stereocenters. The molecule has 0 N–H and O–H groups in total. The molecule has 3 aliphatic carbocycles. The van der Waals surface area contributed by atoms with Gasteiger partial charge in [-0.2, -0.15) is 0 Å². The summed E-state index contributed by atoms with van der Waals surface area (Å²) in [6, 6.07) is 3.77. The fourth-order valence-electron chi connectivity index (χ4n) is 6.62. The van der Waals surface area contributed by atoms with Crippen molar-refractivity contribution in [2.75, 3.05) is 0 Å². The first kappa shape index (κ1) is 23.9. The van der Waals surface area contributed by atoms with Gasteiger partial charge in [0.1, 0.15) is 0 Å². The lowest BCUT2D eigenvalue weighted by Crippen LogP contribution is -2.18. The number of hydrogen-bond donors (Lipinski definition) is 0. The van der Waals surface area contributed by atoms with Crippen LogP contribution in [-0.2, 0) is 0 Å². The van der Waals surface area contributed by atoms with Crippen molar-refractivity contribution >= 4 is 0 Å². The quantitative estimate of drug-likeness (QED) is 0.408. The van der Waals surface area contributed by atoms with Crippen molar-refractivity contribution in [2.45, 2.75) is 109 Å². The van der Waals surface area contributed by atoms with Gasteiger partial charge in [-0.05, 0) is 117 Å². The van der Waals surface area contributed by atoms with Crippen LogP contribution in [-0.4, -0.2) is 0 Å². The molecule has 0 nitrogen and oxygen atoms in total. The van der Waals surface area contributed by atoms with Crippen LogP contribution in [0.5, 0.6) is 0 Å². The molecule has 2 unspecified atom stereocenters. The van der Waals surface area contributed by atoms with Crippen molar-refractivity contribution < 1.29 is 13.2 Å². The normalized spacial score (nSPS) is 33.7. The van der Waals surface area contributed by atoms with Crippen LogP contribution >= 0.6 is 0 Å². The maximum absolute atomic E-state index is 15.0. The van der Waals surface area contributed by atoms with Gasteiger partial charge in [0.2, 0.25) is 0 Å². The van der Waals surface area contributed by atoms with E-state index in [1.165, 1.54) is 0 Å². The molecule has 0 aromatic heterocycles. The zero-order valence-electron chi connectivity index (χ0n) is 20.0. The summed E-state index contributed by atoms with van der Waals surface area (Å²) < 4.78 is 44.2. The van der Waals surface area contributed by atoms with E-state index in [4.69, 9.17) is 0 Å². The van der Waals surface area contributed by atoms with E-state index in [2.05, 4.69) is 13.8 Å². The molecule has 0 bridgehead atoms. The first-order valence-electron chi connectivity index (χ1n) is 13.3. The molecule has 0 radical (unpaired) electrons. The number of allylic oxidation sites excluding steroid dienone is 2. The van der Waals surface area contributed by atoms with Crippen LogP contribution in [0.1, 0.15) is 120 Å². The van der Waals surface area contributed by atoms with Crippen molar-refractivity contribution in [2.24, 2.45) is 23.7 Å². The predicted molar refractivity (Wildman–Crippen MR) is 126 cm³/mol. The third-order valence-corrected chi connectivity index (χ3v) is 8.99. The van der Waals surface area contributed by atoms with Crippen LogP contribution in [0.2, 0.25) is 0 Å². The Morgan fingerprint density at radius 1 is 0.719 bits per heavy atom. The van der Waals surface area contributed by atoms with Gasteiger partial charge in [0.25, 0.3) is 0 Å². The summed E-state index contributed by atoms with van der Waals surface area (Å²) in [7, 11) is 0. The first-order chi connectivity index (χ1) is 15.5. The van der Waals surface area contributed by atoms with Crippen molar-refractivity contribution in [1.29, 1.82) is 0 Å². The molecule has 4 rings (SSSR count). The van der Waals surface area contributed by atoms with Crippen LogP contribution in [0.15, 0.2) is 24.0 Å². The van der Waals surface area contributed by atoms with Gasteiger partial charge in [-0.1, -0.05) is 38.8 Å². The average molecular weight is 447 g/mol. The zero-order chi connectivity index (χ0) is 22.7. The Morgan fingerprint density at radius 3 is 1.81 bits per heavy atom. The van der Waals surface area contributed by atoms with E-state index in [9.17, 15) is 8.78 Å². The standard InChI is InChI=1S/C29H41F3/c1-3-22-13-10-21(18-27(22)30)7-6-20-8-14-24(15-9-20)26-17-16-25(28(31)29(26)32)23-11-4-19(2)5-12-23/h16-24H,3-15H2,1-2H3. The fourth-order valence-corrected chi connectivity index (χ4v) is 6.62. The van der Waals surface area contributed by atoms with Crippen LogP contribution < -0.4 is 0 Å². The molecular formula is C29H41F3. The van der Waals surface area contributed by atoms with E-state index < -0.39 is 11.6 Å². The molecule has 3 heteroatoms. The molecule has 0 amide bonds. The van der Waals surface area contributed by atoms with Crippen LogP contribution in [0, 0.1) is 35.3 Å². The van der Waals surface area contributed by atoms with Gasteiger partial charge in [-0.3, -0.25) is 0 Å². The molecule has 0 saturated heterocycles. The zero-order valence-corrected chi connectivity index (χ0v) is 20.0. The summed E-state index contributed by atoms with van der Waals surface area (Å²) in [4.78, 5) is 0. The molecule has 2 saturated carbocycles. The largest absolute Gasteiger partial charge is 0.212 e. The SMILES string of the molecule is CCC1CCC(CCC2CCC(c3ccc(C4CCC(C)CC4)c(F)c3F)CC2)C=C1F. The number of benzene rings is 1. The third-order valence-electron chi connectivity index (χ3n) is 8.99. The van der Waals surface area contributed by atoms with E-state index in [0.717, 1.165) is 83.5 Å². The Kier molecular flexibility index (Phi) is 8.05. The highest BCUT2D eigenvalue weighted by Crippen LogP contribution is 2.43. The van der Waals surface area contributed by atoms with E-state index >= 15 is 4.39 Å². The van der Waals surface area contributed by atoms with Gasteiger partial charge in [0.05, 0.1) is 5.83 Å². The van der Waals surface area contributed by atoms with Crippen LogP contribution in [0.3, 0.4) is 0 Å². The maximum atomic E-state index is 15.0. The Balaban J connectivity index is 1.29. The first-order valence-corrected chi connectivity index (χ1v) is 13.3. The molecule has 32 heavy (non-hydrogen) atoms. The van der Waals surface area contributed by atoms with E-state index in [-0.39, 0.29) is 23.6 Å². The molecule has 0 heterocycles. The second-order valence-electron chi connectivity index (χ2n) is 11.1. The number of rotatable bonds is 6. The molecule has 178 valence electrons. The van der Waals surface area contributed by atoms with Gasteiger partial charge < -0.3 is 0 Å². The molecule has 1 aromatic rings. The fraction of sp³-hybridized carbons (Fsp3) is 0.724. The van der Waals surface area contributed by atoms with E-state index in [0.29, 0.717) is 28.9 Å². The monoisotopic (exact) mass is 446 g/mol. The maximum Gasteiger partial charge on any atom is 0.162 e. The van der Waals surface area contributed by atoms with Crippen molar-refractivity contribution in [3.05, 3.63) is 46.8 Å². The summed E-state index contributed by atoms with van der Waals surface area (Å²) in [6.45, 7) is 4.31. The molecule has 3 aliphatic rings. The Bertz CT molecular complexity index is 782. The van der Waals surface area contributed by atoms with Gasteiger partial charge in [-0.15, -0.1) is 0 Å². The lowest BCUT2D eigenvalue weighted by Gasteiger charge is -2.31. The Hall–Kier alpha value is -1.25. The molecule has 2 fully saturated rings. The van der Waals surface area contributed by atoms with Gasteiger partial charge in [-0.25, -0.2) is 13.2 Å². The lowest BCUT2D eigenvalue weighted by molar-refractivity contribution is 0.276. The highest BCUT2D eigenvalue weighted by molar-refractivity contribution is 5.32. The molecule has 0 aliphatic heterocycles. The van der Waals surface area contributed by atoms with Crippen LogP contribution in [0.25, 0.3) is 0 Å². The summed E-state index contributed by atoms with van der Waals surface area (Å²) >= 11 is 0. The second kappa shape index (κ2) is 10.8. The topological polar surface area (TPSA) is 0 Å².